The largest absolute Gasteiger partial charge is 0.444 e. The number of thioether (sulfide) groups is 1. The molecule has 0 spiro atoms. The average Bonchev–Trinajstić information content (AvgIpc) is 2.82. The number of hydrogen-bond donors (Lipinski definition) is 0. The highest BCUT2D eigenvalue weighted by atomic mass is 32.2. The lowest BCUT2D eigenvalue weighted by atomic mass is 10.1. The topological polar surface area (TPSA) is 45.7 Å². The van der Waals surface area contributed by atoms with Crippen molar-refractivity contribution in [1.29, 1.82) is 0 Å². The van der Waals surface area contributed by atoms with E-state index >= 15 is 0 Å². The second-order valence-corrected chi connectivity index (χ2v) is 9.90. The molecule has 2 aliphatic rings. The maximum absolute atomic E-state index is 12.5. The highest BCUT2D eigenvalue weighted by Crippen LogP contribution is 2.37. The van der Waals surface area contributed by atoms with Crippen molar-refractivity contribution in [1.82, 2.24) is 9.88 Å². The number of hydrogen-bond acceptors (Lipinski definition) is 5. The number of ether oxygens (including phenoxy) is 1. The molecule has 2 aliphatic heterocycles. The van der Waals surface area contributed by atoms with E-state index < -0.39 is 5.60 Å². The Balaban J connectivity index is 1.76. The van der Waals surface area contributed by atoms with Gasteiger partial charge in [-0.1, -0.05) is 19.9 Å². The van der Waals surface area contributed by atoms with Crippen LogP contribution in [0.4, 0.5) is 10.6 Å². The van der Waals surface area contributed by atoms with Crippen LogP contribution >= 0.6 is 11.8 Å². The van der Waals surface area contributed by atoms with Crippen LogP contribution in [0.3, 0.4) is 0 Å². The van der Waals surface area contributed by atoms with Gasteiger partial charge in [0.2, 0.25) is 0 Å². The first-order valence-corrected chi connectivity index (χ1v) is 9.95. The first-order chi connectivity index (χ1) is 11.6. The first-order valence-electron chi connectivity index (χ1n) is 9.07. The molecule has 138 valence electrons. The van der Waals surface area contributed by atoms with Crippen molar-refractivity contribution in [2.45, 2.75) is 75.9 Å². The lowest BCUT2D eigenvalue weighted by Crippen LogP contribution is -2.58. The number of rotatable bonds is 2. The molecule has 2 unspecified atom stereocenters. The molecule has 0 N–H and O–H groups in total. The number of pyridine rings is 1. The molecule has 2 atom stereocenters. The van der Waals surface area contributed by atoms with Gasteiger partial charge >= 0.3 is 6.09 Å². The maximum Gasteiger partial charge on any atom is 0.410 e. The lowest BCUT2D eigenvalue weighted by Gasteiger charge is -2.43. The highest BCUT2D eigenvalue weighted by Gasteiger charge is 2.41. The summed E-state index contributed by atoms with van der Waals surface area (Å²) >= 11 is 1.79. The van der Waals surface area contributed by atoms with Crippen molar-refractivity contribution in [3.8, 4) is 0 Å². The van der Waals surface area contributed by atoms with Crippen molar-refractivity contribution in [3.05, 3.63) is 17.7 Å². The lowest BCUT2D eigenvalue weighted by molar-refractivity contribution is 0.0191. The third kappa shape index (κ3) is 4.05. The average molecular weight is 364 g/mol. The van der Waals surface area contributed by atoms with Crippen LogP contribution in [0.2, 0.25) is 0 Å². The summed E-state index contributed by atoms with van der Waals surface area (Å²) in [6.45, 7) is 13.6. The molecule has 6 heteroatoms. The number of anilines is 1. The standard InChI is InChI=1S/C19H29N3O2S/c1-12(2)25-16-8-7-14-9-15-11-21(18(23)24-19(4,5)6)10-13(3)22(15)17(14)20-16/h7-8,12-13,15H,9-11H2,1-6H3. The molecule has 1 fully saturated rings. The molecule has 0 saturated carbocycles. The molecule has 5 nitrogen and oxygen atoms in total. The molecule has 3 rings (SSSR count). The van der Waals surface area contributed by atoms with Gasteiger partial charge in [0, 0.05) is 24.4 Å². The number of nitrogens with zero attached hydrogens (tertiary/aromatic N) is 3. The van der Waals surface area contributed by atoms with Crippen LogP contribution in [0.15, 0.2) is 17.2 Å². The first kappa shape index (κ1) is 18.4. The normalized spacial score (nSPS) is 22.8. The molecule has 1 amide bonds. The molecule has 0 aliphatic carbocycles. The van der Waals surface area contributed by atoms with Gasteiger partial charge in [0.1, 0.15) is 11.4 Å². The minimum absolute atomic E-state index is 0.209. The van der Waals surface area contributed by atoms with E-state index in [0.717, 1.165) is 17.3 Å². The van der Waals surface area contributed by atoms with E-state index in [1.807, 2.05) is 25.7 Å². The quantitative estimate of drug-likeness (QED) is 0.745. The van der Waals surface area contributed by atoms with Gasteiger partial charge in [0.15, 0.2) is 0 Å². The van der Waals surface area contributed by atoms with Gasteiger partial charge in [0.05, 0.1) is 11.1 Å². The fraction of sp³-hybridized carbons (Fsp3) is 0.684. The summed E-state index contributed by atoms with van der Waals surface area (Å²) in [5.41, 5.74) is 0.830. The van der Waals surface area contributed by atoms with Crippen LogP contribution in [0.1, 0.15) is 47.1 Å². The summed E-state index contributed by atoms with van der Waals surface area (Å²) < 4.78 is 5.56. The summed E-state index contributed by atoms with van der Waals surface area (Å²) in [6, 6.07) is 4.85. The Labute approximate surface area is 155 Å². The number of aromatic nitrogens is 1. The van der Waals surface area contributed by atoms with Gasteiger partial charge in [-0.05, 0) is 45.7 Å². The fourth-order valence-corrected chi connectivity index (χ4v) is 4.38. The monoisotopic (exact) mass is 363 g/mol. The van der Waals surface area contributed by atoms with E-state index in [1.165, 1.54) is 5.56 Å². The Morgan fingerprint density at radius 3 is 2.68 bits per heavy atom. The van der Waals surface area contributed by atoms with Gasteiger partial charge in [-0.25, -0.2) is 9.78 Å². The van der Waals surface area contributed by atoms with Crippen molar-refractivity contribution < 1.29 is 9.53 Å². The summed E-state index contributed by atoms with van der Waals surface area (Å²) in [4.78, 5) is 21.6. The van der Waals surface area contributed by atoms with Crippen LogP contribution in [0, 0.1) is 0 Å². The van der Waals surface area contributed by atoms with Crippen LogP contribution in [-0.4, -0.2) is 52.0 Å². The van der Waals surface area contributed by atoms with Crippen molar-refractivity contribution >= 4 is 23.7 Å². The van der Waals surface area contributed by atoms with Crippen molar-refractivity contribution in [2.75, 3.05) is 18.0 Å². The third-order valence-corrected chi connectivity index (χ3v) is 5.36. The van der Waals surface area contributed by atoms with E-state index in [4.69, 9.17) is 9.72 Å². The number of fused-ring (bicyclic) bond motifs is 3. The number of piperazine rings is 1. The minimum Gasteiger partial charge on any atom is -0.444 e. The van der Waals surface area contributed by atoms with Gasteiger partial charge < -0.3 is 14.5 Å². The summed E-state index contributed by atoms with van der Waals surface area (Å²) in [5.74, 6) is 1.10. The molecule has 25 heavy (non-hydrogen) atoms. The highest BCUT2D eigenvalue weighted by molar-refractivity contribution is 7.99. The van der Waals surface area contributed by atoms with Gasteiger partial charge in [-0.2, -0.15) is 0 Å². The van der Waals surface area contributed by atoms with Gasteiger partial charge in [0.25, 0.3) is 0 Å². The zero-order valence-corrected chi connectivity index (χ0v) is 16.9. The Kier molecular flexibility index (Phi) is 4.93. The molecule has 0 bridgehead atoms. The molecule has 1 aromatic heterocycles. The zero-order valence-electron chi connectivity index (χ0n) is 16.1. The van der Waals surface area contributed by atoms with Crippen LogP contribution in [-0.2, 0) is 11.2 Å². The van der Waals surface area contributed by atoms with Crippen LogP contribution in [0.25, 0.3) is 0 Å². The van der Waals surface area contributed by atoms with Crippen LogP contribution < -0.4 is 4.90 Å². The Bertz CT molecular complexity index is 657. The molecule has 1 saturated heterocycles. The smallest absolute Gasteiger partial charge is 0.410 e. The SMILES string of the molecule is CC(C)Sc1ccc2c(n1)N1C(C)CN(C(=O)OC(C)(C)C)CC1C2. The fourth-order valence-electron chi connectivity index (χ4n) is 3.61. The summed E-state index contributed by atoms with van der Waals surface area (Å²) in [6.07, 6.45) is 0.734. The van der Waals surface area contributed by atoms with Crippen molar-refractivity contribution in [3.63, 3.8) is 0 Å². The zero-order chi connectivity index (χ0) is 18.4. The van der Waals surface area contributed by atoms with E-state index in [2.05, 4.69) is 37.8 Å². The molecular weight excluding hydrogens is 334 g/mol. The molecule has 3 heterocycles. The van der Waals surface area contributed by atoms with Crippen molar-refractivity contribution in [2.24, 2.45) is 0 Å². The summed E-state index contributed by atoms with van der Waals surface area (Å²) in [7, 11) is 0. The number of carbonyl (C=O) groups is 1. The predicted octanol–water partition coefficient (Wildman–Crippen LogP) is 3.95. The second kappa shape index (κ2) is 6.71. The Morgan fingerprint density at radius 2 is 2.04 bits per heavy atom. The van der Waals surface area contributed by atoms with E-state index in [9.17, 15) is 4.79 Å². The van der Waals surface area contributed by atoms with Gasteiger partial charge in [-0.15, -0.1) is 11.8 Å². The Morgan fingerprint density at radius 1 is 1.32 bits per heavy atom. The second-order valence-electron chi connectivity index (χ2n) is 8.30. The molecule has 0 aromatic carbocycles. The van der Waals surface area contributed by atoms with E-state index in [1.54, 1.807) is 11.8 Å². The van der Waals surface area contributed by atoms with E-state index in [-0.39, 0.29) is 18.2 Å². The molecular formula is C19H29N3O2S. The maximum atomic E-state index is 12.5. The third-order valence-electron chi connectivity index (χ3n) is 4.42. The van der Waals surface area contributed by atoms with E-state index in [0.29, 0.717) is 18.3 Å². The predicted molar refractivity (Wildman–Crippen MR) is 102 cm³/mol. The number of carbonyl (C=O) groups excluding carboxylic acids is 1. The van der Waals surface area contributed by atoms with Crippen LogP contribution in [0.5, 0.6) is 0 Å². The summed E-state index contributed by atoms with van der Waals surface area (Å²) in [5, 5.41) is 1.60. The molecule has 0 radical (unpaired) electrons. The minimum atomic E-state index is -0.458. The molecule has 1 aromatic rings. The Hall–Kier alpha value is -1.43. The number of amides is 1. The van der Waals surface area contributed by atoms with Gasteiger partial charge in [-0.3, -0.25) is 0 Å².